The van der Waals surface area contributed by atoms with Gasteiger partial charge in [0.15, 0.2) is 5.16 Å². The second-order valence-corrected chi connectivity index (χ2v) is 5.33. The number of nitrogens with two attached hydrogens (primary N) is 1. The van der Waals surface area contributed by atoms with Crippen molar-refractivity contribution in [2.45, 2.75) is 17.3 Å². The summed E-state index contributed by atoms with van der Waals surface area (Å²) in [6, 6.07) is 5.71. The number of rotatable bonds is 4. The standard InChI is InChI=1S/C13H13FN4OS/c1-8(20-13-16-5-2-6-17-13)12(19)18-11-7-9(15)3-4-10(11)14/h2-8H,15H2,1H3,(H,18,19). The molecule has 1 atom stereocenters. The highest BCUT2D eigenvalue weighted by atomic mass is 32.2. The van der Waals surface area contributed by atoms with Crippen molar-refractivity contribution in [1.29, 1.82) is 0 Å². The van der Waals surface area contributed by atoms with Crippen molar-refractivity contribution in [2.75, 3.05) is 11.1 Å². The molecule has 0 saturated heterocycles. The zero-order valence-corrected chi connectivity index (χ0v) is 11.5. The zero-order chi connectivity index (χ0) is 14.5. The molecule has 0 radical (unpaired) electrons. The number of anilines is 2. The second kappa shape index (κ2) is 6.33. The van der Waals surface area contributed by atoms with E-state index in [1.54, 1.807) is 25.4 Å². The summed E-state index contributed by atoms with van der Waals surface area (Å²) < 4.78 is 13.5. The van der Waals surface area contributed by atoms with Crippen LogP contribution in [-0.2, 0) is 4.79 Å². The molecule has 7 heteroatoms. The minimum Gasteiger partial charge on any atom is -0.399 e. The smallest absolute Gasteiger partial charge is 0.237 e. The van der Waals surface area contributed by atoms with Gasteiger partial charge in [0.1, 0.15) is 5.82 Å². The van der Waals surface area contributed by atoms with Crippen LogP contribution < -0.4 is 11.1 Å². The molecule has 1 unspecified atom stereocenters. The molecule has 0 bridgehead atoms. The van der Waals surface area contributed by atoms with Gasteiger partial charge in [-0.05, 0) is 31.2 Å². The normalized spacial score (nSPS) is 11.9. The lowest BCUT2D eigenvalue weighted by molar-refractivity contribution is -0.115. The predicted molar refractivity (Wildman–Crippen MR) is 76.8 cm³/mol. The van der Waals surface area contributed by atoms with E-state index >= 15 is 0 Å². The summed E-state index contributed by atoms with van der Waals surface area (Å²) in [6.07, 6.45) is 3.19. The summed E-state index contributed by atoms with van der Waals surface area (Å²) in [6.45, 7) is 1.70. The van der Waals surface area contributed by atoms with Crippen molar-refractivity contribution in [1.82, 2.24) is 9.97 Å². The summed E-state index contributed by atoms with van der Waals surface area (Å²) in [5.74, 6) is -0.868. The van der Waals surface area contributed by atoms with Crippen LogP contribution in [0.4, 0.5) is 15.8 Å². The highest BCUT2D eigenvalue weighted by molar-refractivity contribution is 8.00. The molecule has 104 valence electrons. The Balaban J connectivity index is 2.02. The molecule has 2 rings (SSSR count). The number of aromatic nitrogens is 2. The van der Waals surface area contributed by atoms with E-state index in [4.69, 9.17) is 5.73 Å². The Labute approximate surface area is 119 Å². The van der Waals surface area contributed by atoms with E-state index in [-0.39, 0.29) is 11.6 Å². The maximum absolute atomic E-state index is 13.5. The third-order valence-corrected chi connectivity index (χ3v) is 3.43. The largest absolute Gasteiger partial charge is 0.399 e. The van der Waals surface area contributed by atoms with Crippen LogP contribution in [0.25, 0.3) is 0 Å². The predicted octanol–water partition coefficient (Wildman–Crippen LogP) is 2.32. The Bertz CT molecular complexity index is 609. The first-order valence-corrected chi connectivity index (χ1v) is 6.74. The number of halogens is 1. The zero-order valence-electron chi connectivity index (χ0n) is 10.7. The van der Waals surface area contributed by atoms with Crippen LogP contribution in [0.15, 0.2) is 41.8 Å². The molecule has 0 saturated carbocycles. The maximum Gasteiger partial charge on any atom is 0.237 e. The Morgan fingerprint density at radius 1 is 1.40 bits per heavy atom. The fraction of sp³-hybridized carbons (Fsp3) is 0.154. The fourth-order valence-corrected chi connectivity index (χ4v) is 2.16. The van der Waals surface area contributed by atoms with Gasteiger partial charge in [0, 0.05) is 18.1 Å². The number of nitrogens with zero attached hydrogens (tertiary/aromatic N) is 2. The first-order valence-electron chi connectivity index (χ1n) is 5.86. The molecule has 3 N–H and O–H groups in total. The van der Waals surface area contributed by atoms with Crippen LogP contribution in [-0.4, -0.2) is 21.1 Å². The lowest BCUT2D eigenvalue weighted by Crippen LogP contribution is -2.23. The summed E-state index contributed by atoms with van der Waals surface area (Å²) in [7, 11) is 0. The lowest BCUT2D eigenvalue weighted by atomic mass is 10.2. The van der Waals surface area contributed by atoms with E-state index in [0.29, 0.717) is 10.8 Å². The van der Waals surface area contributed by atoms with Crippen LogP contribution in [0.3, 0.4) is 0 Å². The molecule has 2 aromatic rings. The topological polar surface area (TPSA) is 80.9 Å². The first kappa shape index (κ1) is 14.3. The molecule has 0 spiro atoms. The molecule has 20 heavy (non-hydrogen) atoms. The van der Waals surface area contributed by atoms with Gasteiger partial charge in [0.2, 0.25) is 5.91 Å². The average molecular weight is 292 g/mol. The van der Waals surface area contributed by atoms with Gasteiger partial charge in [0.25, 0.3) is 0 Å². The Morgan fingerprint density at radius 2 is 2.10 bits per heavy atom. The number of carbonyl (C=O) groups excluding carboxylic acids is 1. The van der Waals surface area contributed by atoms with Crippen molar-refractivity contribution < 1.29 is 9.18 Å². The summed E-state index contributed by atoms with van der Waals surface area (Å²) >= 11 is 1.19. The number of amides is 1. The number of nitrogens with one attached hydrogen (secondary N) is 1. The first-order chi connectivity index (χ1) is 9.56. The average Bonchev–Trinajstić information content (AvgIpc) is 2.44. The summed E-state index contributed by atoms with van der Waals surface area (Å²) in [4.78, 5) is 20.0. The molecule has 5 nitrogen and oxygen atoms in total. The summed E-state index contributed by atoms with van der Waals surface area (Å²) in [5.41, 5.74) is 6.01. The third-order valence-electron chi connectivity index (χ3n) is 2.44. The van der Waals surface area contributed by atoms with Gasteiger partial charge < -0.3 is 11.1 Å². The SMILES string of the molecule is CC(Sc1ncccn1)C(=O)Nc1cc(N)ccc1F. The molecule has 1 aromatic heterocycles. The maximum atomic E-state index is 13.5. The quantitative estimate of drug-likeness (QED) is 0.513. The molecule has 1 amide bonds. The van der Waals surface area contributed by atoms with E-state index < -0.39 is 11.1 Å². The number of benzene rings is 1. The van der Waals surface area contributed by atoms with E-state index in [9.17, 15) is 9.18 Å². The van der Waals surface area contributed by atoms with Gasteiger partial charge in [0.05, 0.1) is 10.9 Å². The van der Waals surface area contributed by atoms with Crippen LogP contribution in [0.1, 0.15) is 6.92 Å². The Kier molecular flexibility index (Phi) is 4.52. The number of carbonyl (C=O) groups is 1. The highest BCUT2D eigenvalue weighted by Crippen LogP contribution is 2.22. The van der Waals surface area contributed by atoms with Crippen molar-refractivity contribution in [3.05, 3.63) is 42.5 Å². The highest BCUT2D eigenvalue weighted by Gasteiger charge is 2.17. The number of thioether (sulfide) groups is 1. The second-order valence-electron chi connectivity index (χ2n) is 4.02. The van der Waals surface area contributed by atoms with Crippen molar-refractivity contribution in [2.24, 2.45) is 0 Å². The summed E-state index contributed by atoms with van der Waals surface area (Å²) in [5, 5.41) is 2.53. The van der Waals surface area contributed by atoms with Crippen LogP contribution in [0.2, 0.25) is 0 Å². The van der Waals surface area contributed by atoms with Crippen LogP contribution in [0.5, 0.6) is 0 Å². The Hall–Kier alpha value is -2.15. The van der Waals surface area contributed by atoms with Crippen LogP contribution >= 0.6 is 11.8 Å². The molecule has 1 heterocycles. The monoisotopic (exact) mass is 292 g/mol. The lowest BCUT2D eigenvalue weighted by Gasteiger charge is -2.11. The van der Waals surface area contributed by atoms with Gasteiger partial charge >= 0.3 is 0 Å². The van der Waals surface area contributed by atoms with Gasteiger partial charge in [-0.15, -0.1) is 0 Å². The molecule has 0 aliphatic carbocycles. The molecular weight excluding hydrogens is 279 g/mol. The van der Waals surface area contributed by atoms with Crippen molar-refractivity contribution in [3.63, 3.8) is 0 Å². The third kappa shape index (κ3) is 3.67. The molecule has 1 aromatic carbocycles. The van der Waals surface area contributed by atoms with Crippen molar-refractivity contribution in [3.8, 4) is 0 Å². The minimum atomic E-state index is -0.527. The number of hydrogen-bond acceptors (Lipinski definition) is 5. The van der Waals surface area contributed by atoms with Gasteiger partial charge in [-0.25, -0.2) is 14.4 Å². The van der Waals surface area contributed by atoms with E-state index in [1.807, 2.05) is 0 Å². The van der Waals surface area contributed by atoms with Crippen molar-refractivity contribution >= 4 is 29.0 Å². The van der Waals surface area contributed by atoms with E-state index in [2.05, 4.69) is 15.3 Å². The number of hydrogen-bond donors (Lipinski definition) is 2. The minimum absolute atomic E-state index is 0.0661. The van der Waals surface area contributed by atoms with E-state index in [0.717, 1.165) is 0 Å². The van der Waals surface area contributed by atoms with Crippen LogP contribution in [0, 0.1) is 5.82 Å². The molecule has 0 aliphatic rings. The van der Waals surface area contributed by atoms with Gasteiger partial charge in [-0.2, -0.15) is 0 Å². The fourth-order valence-electron chi connectivity index (χ4n) is 1.43. The Morgan fingerprint density at radius 3 is 2.80 bits per heavy atom. The van der Waals surface area contributed by atoms with Gasteiger partial charge in [-0.1, -0.05) is 11.8 Å². The van der Waals surface area contributed by atoms with E-state index in [1.165, 1.54) is 30.0 Å². The molecule has 0 fully saturated rings. The van der Waals surface area contributed by atoms with Gasteiger partial charge in [-0.3, -0.25) is 4.79 Å². The molecular formula is C13H13FN4OS. The molecule has 0 aliphatic heterocycles. The number of nitrogen functional groups attached to an aromatic ring is 1.